The van der Waals surface area contributed by atoms with Gasteiger partial charge < -0.3 is 14.8 Å². The van der Waals surface area contributed by atoms with Crippen LogP contribution in [-0.2, 0) is 14.3 Å². The van der Waals surface area contributed by atoms with Crippen LogP contribution < -0.4 is 5.32 Å². The van der Waals surface area contributed by atoms with Gasteiger partial charge in [0.25, 0.3) is 0 Å². The van der Waals surface area contributed by atoms with Crippen molar-refractivity contribution in [2.45, 2.75) is 31.9 Å². The summed E-state index contributed by atoms with van der Waals surface area (Å²) in [5.41, 5.74) is -0.118. The molecule has 1 saturated heterocycles. The van der Waals surface area contributed by atoms with E-state index in [1.54, 1.807) is 0 Å². The van der Waals surface area contributed by atoms with Crippen LogP contribution in [0.15, 0.2) is 0 Å². The summed E-state index contributed by atoms with van der Waals surface area (Å²) < 4.78 is 10.1. The molecular formula is C9H17NO3. The second-order valence-electron chi connectivity index (χ2n) is 3.93. The molecule has 0 amide bonds. The molecule has 1 aliphatic rings. The Morgan fingerprint density at radius 3 is 2.85 bits per heavy atom. The van der Waals surface area contributed by atoms with Crippen LogP contribution in [0.25, 0.3) is 0 Å². The fourth-order valence-corrected chi connectivity index (χ4v) is 1.24. The topological polar surface area (TPSA) is 47.6 Å². The molecule has 4 heteroatoms. The van der Waals surface area contributed by atoms with E-state index in [4.69, 9.17) is 4.74 Å². The predicted octanol–water partition coefficient (Wildman–Crippen LogP) is 0.316. The summed E-state index contributed by atoms with van der Waals surface area (Å²) in [7, 11) is 1.40. The van der Waals surface area contributed by atoms with E-state index in [0.717, 1.165) is 6.54 Å². The van der Waals surface area contributed by atoms with Crippen molar-refractivity contribution in [1.82, 2.24) is 5.32 Å². The maximum absolute atomic E-state index is 10.9. The first-order chi connectivity index (χ1) is 6.03. The zero-order valence-corrected chi connectivity index (χ0v) is 8.42. The molecule has 1 aliphatic heterocycles. The molecular weight excluding hydrogens is 170 g/mol. The third kappa shape index (κ3) is 3.32. The van der Waals surface area contributed by atoms with Crippen molar-refractivity contribution in [1.29, 1.82) is 0 Å². The highest BCUT2D eigenvalue weighted by atomic mass is 16.5. The summed E-state index contributed by atoms with van der Waals surface area (Å²) in [5.74, 6) is -0.194. The van der Waals surface area contributed by atoms with E-state index in [2.05, 4.69) is 10.1 Å². The maximum atomic E-state index is 10.9. The van der Waals surface area contributed by atoms with Gasteiger partial charge in [0.15, 0.2) is 0 Å². The normalized spacial score (nSPS) is 26.8. The predicted molar refractivity (Wildman–Crippen MR) is 48.5 cm³/mol. The molecule has 0 spiro atoms. The van der Waals surface area contributed by atoms with Crippen LogP contribution in [0.3, 0.4) is 0 Å². The lowest BCUT2D eigenvalue weighted by Gasteiger charge is -2.35. The van der Waals surface area contributed by atoms with Gasteiger partial charge in [-0.15, -0.1) is 0 Å². The van der Waals surface area contributed by atoms with Crippen molar-refractivity contribution in [2.75, 3.05) is 20.3 Å². The van der Waals surface area contributed by atoms with Crippen LogP contribution >= 0.6 is 0 Å². The third-order valence-electron chi connectivity index (χ3n) is 2.13. The van der Waals surface area contributed by atoms with Crippen LogP contribution in [-0.4, -0.2) is 37.9 Å². The van der Waals surface area contributed by atoms with Gasteiger partial charge in [0.2, 0.25) is 0 Å². The molecule has 0 saturated carbocycles. The largest absolute Gasteiger partial charge is 0.469 e. The van der Waals surface area contributed by atoms with E-state index >= 15 is 0 Å². The lowest BCUT2D eigenvalue weighted by molar-refractivity contribution is -0.143. The molecule has 1 heterocycles. The minimum absolute atomic E-state index is 0.0977. The minimum Gasteiger partial charge on any atom is -0.469 e. The van der Waals surface area contributed by atoms with E-state index in [0.29, 0.717) is 13.0 Å². The molecule has 1 rings (SSSR count). The van der Waals surface area contributed by atoms with Gasteiger partial charge in [0.05, 0.1) is 25.7 Å². The molecule has 1 fully saturated rings. The molecule has 13 heavy (non-hydrogen) atoms. The fraction of sp³-hybridized carbons (Fsp3) is 0.889. The Bertz CT molecular complexity index is 181. The van der Waals surface area contributed by atoms with Crippen LogP contribution in [0, 0.1) is 0 Å². The summed E-state index contributed by atoms with van der Waals surface area (Å²) >= 11 is 0. The van der Waals surface area contributed by atoms with Crippen molar-refractivity contribution in [3.05, 3.63) is 0 Å². The number of hydrogen-bond donors (Lipinski definition) is 1. The summed E-state index contributed by atoms with van der Waals surface area (Å²) in [6.45, 7) is 5.39. The monoisotopic (exact) mass is 187 g/mol. The number of esters is 1. The molecule has 1 N–H and O–H groups in total. The van der Waals surface area contributed by atoms with Gasteiger partial charge in [-0.2, -0.15) is 0 Å². The van der Waals surface area contributed by atoms with Gasteiger partial charge >= 0.3 is 5.97 Å². The highest BCUT2D eigenvalue weighted by molar-refractivity contribution is 5.69. The Morgan fingerprint density at radius 2 is 2.38 bits per heavy atom. The van der Waals surface area contributed by atoms with Gasteiger partial charge in [-0.05, 0) is 13.8 Å². The first kappa shape index (κ1) is 10.5. The van der Waals surface area contributed by atoms with Gasteiger partial charge in [-0.25, -0.2) is 0 Å². The maximum Gasteiger partial charge on any atom is 0.307 e. The van der Waals surface area contributed by atoms with Crippen LogP contribution in [0.1, 0.15) is 20.3 Å². The molecule has 0 bridgehead atoms. The molecule has 0 aliphatic carbocycles. The SMILES string of the molecule is COC(=O)CC1COC(C)(C)CN1. The zero-order valence-electron chi connectivity index (χ0n) is 8.42. The molecule has 0 radical (unpaired) electrons. The third-order valence-corrected chi connectivity index (χ3v) is 2.13. The van der Waals surface area contributed by atoms with E-state index in [1.807, 2.05) is 13.8 Å². The van der Waals surface area contributed by atoms with Gasteiger partial charge in [0.1, 0.15) is 0 Å². The van der Waals surface area contributed by atoms with E-state index in [9.17, 15) is 4.79 Å². The minimum atomic E-state index is -0.194. The van der Waals surface area contributed by atoms with Crippen molar-refractivity contribution in [2.24, 2.45) is 0 Å². The average molecular weight is 187 g/mol. The number of morpholine rings is 1. The average Bonchev–Trinajstić information content (AvgIpc) is 2.08. The van der Waals surface area contributed by atoms with Crippen LogP contribution in [0.5, 0.6) is 0 Å². The summed E-state index contributed by atoms with van der Waals surface area (Å²) in [5, 5.41) is 3.25. The molecule has 0 aromatic rings. The lowest BCUT2D eigenvalue weighted by Crippen LogP contribution is -2.52. The molecule has 0 aromatic heterocycles. The van der Waals surface area contributed by atoms with Crippen molar-refractivity contribution in [3.63, 3.8) is 0 Å². The van der Waals surface area contributed by atoms with Crippen molar-refractivity contribution < 1.29 is 14.3 Å². The number of carbonyl (C=O) groups excluding carboxylic acids is 1. The van der Waals surface area contributed by atoms with Gasteiger partial charge in [-0.3, -0.25) is 4.79 Å². The highest BCUT2D eigenvalue weighted by Gasteiger charge is 2.28. The number of nitrogens with one attached hydrogen (secondary N) is 1. The van der Waals surface area contributed by atoms with Crippen LogP contribution in [0.4, 0.5) is 0 Å². The molecule has 1 atom stereocenters. The fourth-order valence-electron chi connectivity index (χ4n) is 1.24. The standard InChI is InChI=1S/C9H17NO3/c1-9(2)6-10-7(5-13-9)4-8(11)12-3/h7,10H,4-6H2,1-3H3. The molecule has 1 unspecified atom stereocenters. The highest BCUT2D eigenvalue weighted by Crippen LogP contribution is 2.14. The quantitative estimate of drug-likeness (QED) is 0.632. The smallest absolute Gasteiger partial charge is 0.307 e. The van der Waals surface area contributed by atoms with Gasteiger partial charge in [0, 0.05) is 12.6 Å². The second kappa shape index (κ2) is 4.07. The van der Waals surface area contributed by atoms with E-state index in [-0.39, 0.29) is 17.6 Å². The van der Waals surface area contributed by atoms with E-state index in [1.165, 1.54) is 7.11 Å². The molecule has 4 nitrogen and oxygen atoms in total. The summed E-state index contributed by atoms with van der Waals surface area (Å²) in [6.07, 6.45) is 0.382. The first-order valence-corrected chi connectivity index (χ1v) is 4.48. The molecule has 76 valence electrons. The number of hydrogen-bond acceptors (Lipinski definition) is 4. The summed E-state index contributed by atoms with van der Waals surface area (Å²) in [6, 6.07) is 0.0977. The summed E-state index contributed by atoms with van der Waals surface area (Å²) in [4.78, 5) is 10.9. The Labute approximate surface area is 78.6 Å². The molecule has 0 aromatic carbocycles. The number of rotatable bonds is 2. The van der Waals surface area contributed by atoms with E-state index < -0.39 is 0 Å². The lowest BCUT2D eigenvalue weighted by atomic mass is 10.1. The Morgan fingerprint density at radius 1 is 1.69 bits per heavy atom. The second-order valence-corrected chi connectivity index (χ2v) is 3.93. The first-order valence-electron chi connectivity index (χ1n) is 4.48. The Hall–Kier alpha value is -0.610. The number of methoxy groups -OCH3 is 1. The van der Waals surface area contributed by atoms with Gasteiger partial charge in [-0.1, -0.05) is 0 Å². The Kier molecular flexibility index (Phi) is 3.27. The number of ether oxygens (including phenoxy) is 2. The van der Waals surface area contributed by atoms with Crippen LogP contribution in [0.2, 0.25) is 0 Å². The Balaban J connectivity index is 2.29. The zero-order chi connectivity index (χ0) is 9.90. The number of carbonyl (C=O) groups is 1. The van der Waals surface area contributed by atoms with Crippen molar-refractivity contribution in [3.8, 4) is 0 Å². The van der Waals surface area contributed by atoms with Crippen molar-refractivity contribution >= 4 is 5.97 Å².